The summed E-state index contributed by atoms with van der Waals surface area (Å²) in [6, 6.07) is 3.69. The highest BCUT2D eigenvalue weighted by atomic mass is 32.2. The molecule has 2 heterocycles. The molecule has 0 atom stereocenters. The van der Waals surface area contributed by atoms with E-state index in [0.717, 1.165) is 24.5 Å². The van der Waals surface area contributed by atoms with Crippen molar-refractivity contribution in [2.24, 2.45) is 4.99 Å². The van der Waals surface area contributed by atoms with Crippen LogP contribution in [0.5, 0.6) is 0 Å². The number of thiazole rings is 1. The second-order valence-corrected chi connectivity index (χ2v) is 12.5. The maximum atomic E-state index is 13.7. The molecule has 0 saturated carbocycles. The summed E-state index contributed by atoms with van der Waals surface area (Å²) in [4.78, 5) is 65.8. The molecule has 0 bridgehead atoms. The van der Waals surface area contributed by atoms with Gasteiger partial charge in [-0.25, -0.2) is 22.4 Å². The number of nitrogens with one attached hydrogen (secondary N) is 1. The van der Waals surface area contributed by atoms with E-state index in [0.29, 0.717) is 21.6 Å². The highest BCUT2D eigenvalue weighted by molar-refractivity contribution is 7.92. The van der Waals surface area contributed by atoms with Crippen molar-refractivity contribution in [3.63, 3.8) is 0 Å². The van der Waals surface area contributed by atoms with Gasteiger partial charge in [0.2, 0.25) is 5.91 Å². The number of thiophene rings is 1. The molecular formula is C25H26FN3O10S3. The van der Waals surface area contributed by atoms with E-state index >= 15 is 0 Å². The normalized spacial score (nSPS) is 11.8. The number of fused-ring (bicyclic) bond motifs is 1. The van der Waals surface area contributed by atoms with E-state index in [4.69, 9.17) is 9.47 Å². The lowest BCUT2D eigenvalue weighted by atomic mass is 10.1. The first kappa shape index (κ1) is 32.6. The fourth-order valence-corrected chi connectivity index (χ4v) is 6.85. The van der Waals surface area contributed by atoms with Gasteiger partial charge in [0, 0.05) is 0 Å². The molecule has 0 fully saturated rings. The third kappa shape index (κ3) is 7.86. The van der Waals surface area contributed by atoms with Crippen molar-refractivity contribution in [1.82, 2.24) is 4.57 Å². The number of benzene rings is 1. The molecule has 1 aromatic carbocycles. The molecule has 226 valence electrons. The smallest absolute Gasteiger partial charge is 0.348 e. The van der Waals surface area contributed by atoms with Crippen LogP contribution in [-0.4, -0.2) is 74.5 Å². The van der Waals surface area contributed by atoms with Gasteiger partial charge in [0.1, 0.15) is 33.7 Å². The van der Waals surface area contributed by atoms with Gasteiger partial charge < -0.3 is 24.1 Å². The number of esters is 3. The van der Waals surface area contributed by atoms with E-state index in [2.05, 4.69) is 15.0 Å². The van der Waals surface area contributed by atoms with Crippen LogP contribution in [0.1, 0.15) is 39.4 Å². The van der Waals surface area contributed by atoms with Crippen LogP contribution in [0.3, 0.4) is 0 Å². The zero-order chi connectivity index (χ0) is 31.2. The summed E-state index contributed by atoms with van der Waals surface area (Å²) in [6.45, 7) is 4.30. The highest BCUT2D eigenvalue weighted by Gasteiger charge is 2.29. The largest absolute Gasteiger partial charge is 0.468 e. The number of nitrogens with zero attached hydrogens (tertiary/aromatic N) is 2. The predicted octanol–water partition coefficient (Wildman–Crippen LogP) is 2.22. The van der Waals surface area contributed by atoms with Gasteiger partial charge in [-0.3, -0.25) is 14.4 Å². The minimum absolute atomic E-state index is 0.00457. The van der Waals surface area contributed by atoms with E-state index < -0.39 is 56.9 Å². The van der Waals surface area contributed by atoms with Gasteiger partial charge in [0.25, 0.3) is 5.91 Å². The Morgan fingerprint density at radius 3 is 2.33 bits per heavy atom. The number of rotatable bonds is 11. The highest BCUT2D eigenvalue weighted by Crippen LogP contribution is 2.34. The van der Waals surface area contributed by atoms with Crippen LogP contribution >= 0.6 is 22.7 Å². The Bertz CT molecular complexity index is 1740. The molecule has 0 radical (unpaired) electrons. The number of ether oxygens (including phenoxy) is 3. The van der Waals surface area contributed by atoms with Crippen LogP contribution in [0.2, 0.25) is 0 Å². The van der Waals surface area contributed by atoms with Gasteiger partial charge in [0.15, 0.2) is 14.6 Å². The topological polar surface area (TPSA) is 176 Å². The van der Waals surface area contributed by atoms with Crippen LogP contribution in [0.15, 0.2) is 23.2 Å². The standard InChI is InChI=1S/C25H26FN3O10S3/c1-5-38-23(33)20-13(3)21(24(34)39-6-2)41-22(20)27-17(30)11-42(35,36)12-18(31)28-25-29(10-19(32)37-4)15-8-7-14(26)9-16(15)40-25/h7-9H,5-6,10-12H2,1-4H3,(H,27,30). The number of amides is 2. The third-order valence-electron chi connectivity index (χ3n) is 5.41. The molecular weight excluding hydrogens is 617 g/mol. The third-order valence-corrected chi connectivity index (χ3v) is 9.03. The molecule has 0 aliphatic heterocycles. The molecule has 3 aromatic rings. The summed E-state index contributed by atoms with van der Waals surface area (Å²) in [5.74, 6) is -7.36. The Kier molecular flexibility index (Phi) is 10.7. The zero-order valence-corrected chi connectivity index (χ0v) is 25.3. The first-order chi connectivity index (χ1) is 19.8. The van der Waals surface area contributed by atoms with Gasteiger partial charge in [-0.05, 0) is 44.5 Å². The molecule has 17 heteroatoms. The van der Waals surface area contributed by atoms with E-state index in [9.17, 15) is 36.8 Å². The lowest BCUT2D eigenvalue weighted by Crippen LogP contribution is -2.29. The van der Waals surface area contributed by atoms with Crippen molar-refractivity contribution in [2.75, 3.05) is 37.1 Å². The average molecular weight is 644 g/mol. The number of hydrogen-bond donors (Lipinski definition) is 1. The Hall–Kier alpha value is -3.96. The second kappa shape index (κ2) is 13.8. The van der Waals surface area contributed by atoms with Crippen molar-refractivity contribution in [2.45, 2.75) is 27.3 Å². The molecule has 13 nitrogen and oxygen atoms in total. The van der Waals surface area contributed by atoms with Gasteiger partial charge in [-0.1, -0.05) is 11.3 Å². The van der Waals surface area contributed by atoms with E-state index in [-0.39, 0.29) is 45.6 Å². The Morgan fingerprint density at radius 1 is 1.02 bits per heavy atom. The zero-order valence-electron chi connectivity index (χ0n) is 22.8. The lowest BCUT2D eigenvalue weighted by molar-refractivity contribution is -0.141. The molecule has 0 aliphatic rings. The van der Waals surface area contributed by atoms with Gasteiger partial charge in [-0.2, -0.15) is 4.99 Å². The summed E-state index contributed by atoms with van der Waals surface area (Å²) in [5, 5.41) is 2.19. The number of hydrogen-bond acceptors (Lipinski definition) is 12. The Labute approximate surface area is 246 Å². The molecule has 0 spiro atoms. The van der Waals surface area contributed by atoms with Crippen LogP contribution in [0.4, 0.5) is 9.39 Å². The molecule has 42 heavy (non-hydrogen) atoms. The van der Waals surface area contributed by atoms with Crippen molar-refractivity contribution in [3.05, 3.63) is 44.8 Å². The van der Waals surface area contributed by atoms with Crippen LogP contribution in [0, 0.1) is 12.7 Å². The monoisotopic (exact) mass is 643 g/mol. The molecule has 1 N–H and O–H groups in total. The summed E-state index contributed by atoms with van der Waals surface area (Å²) >= 11 is 1.57. The Morgan fingerprint density at radius 2 is 1.69 bits per heavy atom. The van der Waals surface area contributed by atoms with E-state index in [1.54, 1.807) is 13.8 Å². The van der Waals surface area contributed by atoms with Crippen molar-refractivity contribution in [1.29, 1.82) is 0 Å². The van der Waals surface area contributed by atoms with Gasteiger partial charge >= 0.3 is 17.9 Å². The SMILES string of the molecule is CCOC(=O)c1sc(NC(=O)CS(=O)(=O)CC(=O)N=c2sc3cc(F)ccc3n2CC(=O)OC)c(C(=O)OCC)c1C. The second-order valence-electron chi connectivity index (χ2n) is 8.45. The predicted molar refractivity (Wildman–Crippen MR) is 151 cm³/mol. The summed E-state index contributed by atoms with van der Waals surface area (Å²) < 4.78 is 55.4. The van der Waals surface area contributed by atoms with Crippen LogP contribution < -0.4 is 10.1 Å². The molecule has 3 rings (SSSR count). The molecule has 0 saturated heterocycles. The Balaban J connectivity index is 1.84. The number of methoxy groups -OCH3 is 1. The van der Waals surface area contributed by atoms with Crippen molar-refractivity contribution in [3.8, 4) is 0 Å². The summed E-state index contributed by atoms with van der Waals surface area (Å²) in [5.41, 5.74) is 0.428. The number of carbonyl (C=O) groups is 5. The minimum atomic E-state index is -4.38. The summed E-state index contributed by atoms with van der Waals surface area (Å²) in [6.07, 6.45) is 0. The maximum absolute atomic E-state index is 13.7. The minimum Gasteiger partial charge on any atom is -0.468 e. The van der Waals surface area contributed by atoms with Crippen molar-refractivity contribution >= 4 is 77.5 Å². The van der Waals surface area contributed by atoms with E-state index in [1.807, 2.05) is 0 Å². The quantitative estimate of drug-likeness (QED) is 0.241. The molecule has 2 amide bonds. The molecule has 2 aromatic heterocycles. The van der Waals surface area contributed by atoms with Crippen molar-refractivity contribution < 1.29 is 51.0 Å². The number of carbonyl (C=O) groups excluding carboxylic acids is 5. The number of anilines is 1. The average Bonchev–Trinajstić information content (AvgIpc) is 3.39. The van der Waals surface area contributed by atoms with Crippen LogP contribution in [-0.2, 0) is 45.0 Å². The number of sulfone groups is 1. The summed E-state index contributed by atoms with van der Waals surface area (Å²) in [7, 11) is -3.23. The lowest BCUT2D eigenvalue weighted by Gasteiger charge is -2.07. The number of halogens is 1. The molecule has 0 unspecified atom stereocenters. The van der Waals surface area contributed by atoms with Gasteiger partial charge in [0.05, 0.1) is 36.1 Å². The van der Waals surface area contributed by atoms with E-state index in [1.165, 1.54) is 23.6 Å². The molecule has 0 aliphatic carbocycles. The van der Waals surface area contributed by atoms with Gasteiger partial charge in [-0.15, -0.1) is 11.3 Å². The fraction of sp³-hybridized carbons (Fsp3) is 0.360. The first-order valence-corrected chi connectivity index (χ1v) is 15.7. The van der Waals surface area contributed by atoms with Crippen LogP contribution in [0.25, 0.3) is 10.2 Å². The fourth-order valence-electron chi connectivity index (χ4n) is 3.66. The number of aromatic nitrogens is 1. The first-order valence-electron chi connectivity index (χ1n) is 12.2. The maximum Gasteiger partial charge on any atom is 0.348 e.